The lowest BCUT2D eigenvalue weighted by Crippen LogP contribution is -2.45. The Kier molecular flexibility index (Phi) is 5.58. The number of rotatable bonds is 4. The van der Waals surface area contributed by atoms with Gasteiger partial charge in [-0.2, -0.15) is 0 Å². The highest BCUT2D eigenvalue weighted by atomic mass is 15.2. The van der Waals surface area contributed by atoms with E-state index in [0.717, 1.165) is 12.6 Å². The standard InChI is InChI=1S/C12H27N3/c1-11(2)15-9-5-8-14(4)10-12(15)6-7-13-3/h11-13H,5-10H2,1-4H3. The SMILES string of the molecule is CNCCC1CN(C)CCCN1C(C)C. The van der Waals surface area contributed by atoms with Crippen molar-refractivity contribution < 1.29 is 0 Å². The van der Waals surface area contributed by atoms with Crippen molar-refractivity contribution in [2.45, 2.75) is 38.8 Å². The number of nitrogens with one attached hydrogen (secondary N) is 1. The fourth-order valence-corrected chi connectivity index (χ4v) is 2.51. The lowest BCUT2D eigenvalue weighted by Gasteiger charge is -2.34. The zero-order chi connectivity index (χ0) is 11.3. The largest absolute Gasteiger partial charge is 0.320 e. The normalized spacial score (nSPS) is 25.8. The van der Waals surface area contributed by atoms with Gasteiger partial charge in [-0.15, -0.1) is 0 Å². The van der Waals surface area contributed by atoms with E-state index in [-0.39, 0.29) is 0 Å². The molecule has 0 aromatic carbocycles. The van der Waals surface area contributed by atoms with Gasteiger partial charge >= 0.3 is 0 Å². The zero-order valence-electron chi connectivity index (χ0n) is 10.8. The molecule has 1 rings (SSSR count). The molecule has 90 valence electrons. The zero-order valence-corrected chi connectivity index (χ0v) is 10.8. The minimum absolute atomic E-state index is 0.679. The van der Waals surface area contributed by atoms with Crippen molar-refractivity contribution >= 4 is 0 Å². The maximum atomic E-state index is 3.26. The third-order valence-corrected chi connectivity index (χ3v) is 3.34. The number of likely N-dealkylation sites (N-methyl/N-ethyl adjacent to an activating group) is 1. The molecule has 1 aliphatic heterocycles. The fraction of sp³-hybridized carbons (Fsp3) is 1.00. The minimum atomic E-state index is 0.679. The van der Waals surface area contributed by atoms with E-state index in [0.29, 0.717) is 6.04 Å². The van der Waals surface area contributed by atoms with E-state index in [2.05, 4.69) is 36.0 Å². The molecule has 3 nitrogen and oxygen atoms in total. The van der Waals surface area contributed by atoms with Crippen molar-refractivity contribution in [1.29, 1.82) is 0 Å². The van der Waals surface area contributed by atoms with Gasteiger partial charge < -0.3 is 10.2 Å². The van der Waals surface area contributed by atoms with Crippen molar-refractivity contribution in [2.24, 2.45) is 0 Å². The first-order chi connectivity index (χ1) is 7.15. The van der Waals surface area contributed by atoms with Crippen molar-refractivity contribution in [3.63, 3.8) is 0 Å². The van der Waals surface area contributed by atoms with Gasteiger partial charge in [0.25, 0.3) is 0 Å². The summed E-state index contributed by atoms with van der Waals surface area (Å²) in [4.78, 5) is 5.14. The highest BCUT2D eigenvalue weighted by Gasteiger charge is 2.24. The van der Waals surface area contributed by atoms with Crippen molar-refractivity contribution in [2.75, 3.05) is 40.3 Å². The van der Waals surface area contributed by atoms with Gasteiger partial charge in [0.15, 0.2) is 0 Å². The third kappa shape index (κ3) is 4.09. The number of hydrogen-bond donors (Lipinski definition) is 1. The molecule has 0 spiro atoms. The third-order valence-electron chi connectivity index (χ3n) is 3.34. The Morgan fingerprint density at radius 3 is 2.67 bits per heavy atom. The van der Waals surface area contributed by atoms with Crippen LogP contribution < -0.4 is 5.32 Å². The molecule has 0 bridgehead atoms. The Morgan fingerprint density at radius 1 is 1.33 bits per heavy atom. The highest BCUT2D eigenvalue weighted by Crippen LogP contribution is 2.14. The molecule has 0 amide bonds. The fourth-order valence-electron chi connectivity index (χ4n) is 2.51. The molecule has 0 saturated carbocycles. The first-order valence-electron chi connectivity index (χ1n) is 6.24. The van der Waals surface area contributed by atoms with Gasteiger partial charge in [0.1, 0.15) is 0 Å². The summed E-state index contributed by atoms with van der Waals surface area (Å²) in [5.41, 5.74) is 0. The van der Waals surface area contributed by atoms with Crippen LogP contribution in [0.25, 0.3) is 0 Å². The maximum absolute atomic E-state index is 3.26. The topological polar surface area (TPSA) is 18.5 Å². The van der Waals surface area contributed by atoms with Crippen LogP contribution >= 0.6 is 0 Å². The summed E-state index contributed by atoms with van der Waals surface area (Å²) in [6.07, 6.45) is 2.57. The molecule has 0 aromatic rings. The number of hydrogen-bond acceptors (Lipinski definition) is 3. The van der Waals surface area contributed by atoms with Gasteiger partial charge in [0, 0.05) is 18.6 Å². The van der Waals surface area contributed by atoms with Crippen LogP contribution in [0.4, 0.5) is 0 Å². The predicted octanol–water partition coefficient (Wildman–Crippen LogP) is 1.01. The summed E-state index contributed by atoms with van der Waals surface area (Å²) < 4.78 is 0. The lowest BCUT2D eigenvalue weighted by molar-refractivity contribution is 0.142. The molecule has 1 fully saturated rings. The first kappa shape index (κ1) is 12.9. The monoisotopic (exact) mass is 213 g/mol. The van der Waals surface area contributed by atoms with Gasteiger partial charge in [0.2, 0.25) is 0 Å². The van der Waals surface area contributed by atoms with Crippen molar-refractivity contribution in [1.82, 2.24) is 15.1 Å². The molecule has 3 heteroatoms. The molecule has 0 aliphatic carbocycles. The quantitative estimate of drug-likeness (QED) is 0.752. The van der Waals surface area contributed by atoms with Crippen LogP contribution in [0.3, 0.4) is 0 Å². The summed E-state index contributed by atoms with van der Waals surface area (Å²) in [6, 6.07) is 1.41. The van der Waals surface area contributed by atoms with Gasteiger partial charge in [0.05, 0.1) is 0 Å². The first-order valence-corrected chi connectivity index (χ1v) is 6.24. The van der Waals surface area contributed by atoms with Gasteiger partial charge in [-0.1, -0.05) is 0 Å². The molecule has 1 atom stereocenters. The van der Waals surface area contributed by atoms with Crippen LogP contribution in [0.2, 0.25) is 0 Å². The van der Waals surface area contributed by atoms with Crippen LogP contribution in [-0.4, -0.2) is 62.2 Å². The molecule has 1 heterocycles. The average Bonchev–Trinajstić information content (AvgIpc) is 2.36. The summed E-state index contributed by atoms with van der Waals surface area (Å²) >= 11 is 0. The predicted molar refractivity (Wildman–Crippen MR) is 66.3 cm³/mol. The smallest absolute Gasteiger partial charge is 0.0237 e. The molecule has 15 heavy (non-hydrogen) atoms. The molecule has 1 saturated heterocycles. The second-order valence-corrected chi connectivity index (χ2v) is 4.99. The van der Waals surface area contributed by atoms with Gasteiger partial charge in [-0.3, -0.25) is 4.90 Å². The average molecular weight is 213 g/mol. The Balaban J connectivity index is 2.55. The summed E-state index contributed by atoms with van der Waals surface area (Å²) in [6.45, 7) is 9.49. The van der Waals surface area contributed by atoms with E-state index >= 15 is 0 Å². The minimum Gasteiger partial charge on any atom is -0.320 e. The van der Waals surface area contributed by atoms with Crippen molar-refractivity contribution in [3.05, 3.63) is 0 Å². The van der Waals surface area contributed by atoms with E-state index < -0.39 is 0 Å². The molecule has 1 unspecified atom stereocenters. The van der Waals surface area contributed by atoms with Crippen LogP contribution in [0.15, 0.2) is 0 Å². The van der Waals surface area contributed by atoms with E-state index in [9.17, 15) is 0 Å². The Morgan fingerprint density at radius 2 is 2.07 bits per heavy atom. The molecule has 1 N–H and O–H groups in total. The second-order valence-electron chi connectivity index (χ2n) is 4.99. The van der Waals surface area contributed by atoms with Crippen LogP contribution in [-0.2, 0) is 0 Å². The lowest BCUT2D eigenvalue weighted by atomic mass is 10.1. The van der Waals surface area contributed by atoms with Crippen molar-refractivity contribution in [3.8, 4) is 0 Å². The molecule has 1 aliphatic rings. The summed E-state index contributed by atoms with van der Waals surface area (Å²) in [7, 11) is 4.29. The van der Waals surface area contributed by atoms with E-state index in [1.54, 1.807) is 0 Å². The molecule has 0 radical (unpaired) electrons. The Labute approximate surface area is 94.8 Å². The van der Waals surface area contributed by atoms with Gasteiger partial charge in [-0.25, -0.2) is 0 Å². The highest BCUT2D eigenvalue weighted by molar-refractivity contribution is 4.81. The van der Waals surface area contributed by atoms with Crippen LogP contribution in [0.1, 0.15) is 26.7 Å². The molecular weight excluding hydrogens is 186 g/mol. The molecule has 0 aromatic heterocycles. The van der Waals surface area contributed by atoms with Crippen LogP contribution in [0, 0.1) is 0 Å². The Bertz CT molecular complexity index is 170. The van der Waals surface area contributed by atoms with E-state index in [1.807, 2.05) is 7.05 Å². The summed E-state index contributed by atoms with van der Waals surface area (Å²) in [5, 5.41) is 3.26. The summed E-state index contributed by atoms with van der Waals surface area (Å²) in [5.74, 6) is 0. The Hall–Kier alpha value is -0.120. The van der Waals surface area contributed by atoms with E-state index in [1.165, 1.54) is 32.5 Å². The maximum Gasteiger partial charge on any atom is 0.0237 e. The number of nitrogens with zero attached hydrogens (tertiary/aromatic N) is 2. The van der Waals surface area contributed by atoms with Crippen LogP contribution in [0.5, 0.6) is 0 Å². The molecular formula is C12H27N3. The van der Waals surface area contributed by atoms with E-state index in [4.69, 9.17) is 0 Å². The van der Waals surface area contributed by atoms with Gasteiger partial charge in [-0.05, 0) is 60.4 Å². The second kappa shape index (κ2) is 6.46.